The van der Waals surface area contributed by atoms with E-state index >= 15 is 0 Å². The van der Waals surface area contributed by atoms with E-state index < -0.39 is 21.0 Å². The zero-order chi connectivity index (χ0) is 19.3. The van der Waals surface area contributed by atoms with Crippen LogP contribution in [0.1, 0.15) is 12.8 Å². The van der Waals surface area contributed by atoms with Gasteiger partial charge in [-0.1, -0.05) is 30.3 Å². The highest BCUT2D eigenvalue weighted by Gasteiger charge is 2.38. The average Bonchev–Trinajstić information content (AvgIpc) is 2.99. The quantitative estimate of drug-likeness (QED) is 0.474. The smallest absolute Gasteiger partial charge is 0.308 e. The van der Waals surface area contributed by atoms with E-state index in [2.05, 4.69) is 15.4 Å². The van der Waals surface area contributed by atoms with Crippen LogP contribution in [0.15, 0.2) is 59.5 Å². The molecule has 0 aromatic heterocycles. The molecule has 0 aliphatic carbocycles. The van der Waals surface area contributed by atoms with Crippen molar-refractivity contribution < 1.29 is 18.3 Å². The first-order valence-corrected chi connectivity index (χ1v) is 10.9. The summed E-state index contributed by atoms with van der Waals surface area (Å²) < 4.78 is 26.9. The minimum absolute atomic E-state index is 0.109. The molecule has 144 valence electrons. The molecule has 3 rings (SSSR count). The summed E-state index contributed by atoms with van der Waals surface area (Å²) in [6.45, 7) is 0.278. The van der Waals surface area contributed by atoms with Crippen LogP contribution in [0.2, 0.25) is 0 Å². The number of anilines is 2. The summed E-state index contributed by atoms with van der Waals surface area (Å²) in [6, 6.07) is 15.7. The number of fused-ring (bicyclic) bond motifs is 1. The first-order valence-electron chi connectivity index (χ1n) is 8.46. The molecule has 7 nitrogen and oxygen atoms in total. The first-order chi connectivity index (χ1) is 12.9. The van der Waals surface area contributed by atoms with Gasteiger partial charge >= 0.3 is 5.97 Å². The summed E-state index contributed by atoms with van der Waals surface area (Å²) in [5, 5.41) is 15.8. The molecule has 27 heavy (non-hydrogen) atoms. The van der Waals surface area contributed by atoms with Crippen LogP contribution in [-0.4, -0.2) is 36.8 Å². The molecule has 0 fully saturated rings. The van der Waals surface area contributed by atoms with E-state index in [0.29, 0.717) is 12.2 Å². The van der Waals surface area contributed by atoms with Gasteiger partial charge in [-0.2, -0.15) is 0 Å². The SMILES string of the molecule is O=C(O)CC1(SCCCNS(=O)(=O)c2ccccc2)Nc2ccccc2N1. The molecule has 2 aromatic carbocycles. The van der Waals surface area contributed by atoms with Gasteiger partial charge in [-0.3, -0.25) is 4.79 Å². The number of nitrogens with one attached hydrogen (secondary N) is 3. The molecule has 1 aliphatic rings. The number of sulfonamides is 1. The highest BCUT2D eigenvalue weighted by Crippen LogP contribution is 2.41. The number of thioether (sulfide) groups is 1. The van der Waals surface area contributed by atoms with Crippen molar-refractivity contribution in [1.82, 2.24) is 4.72 Å². The lowest BCUT2D eigenvalue weighted by atomic mass is 10.3. The second kappa shape index (κ2) is 8.20. The molecule has 0 amide bonds. The third-order valence-electron chi connectivity index (χ3n) is 4.02. The lowest BCUT2D eigenvalue weighted by molar-refractivity contribution is -0.137. The molecular formula is C18H21N3O4S2. The predicted octanol–water partition coefficient (Wildman–Crippen LogP) is 2.75. The van der Waals surface area contributed by atoms with Crippen LogP contribution >= 0.6 is 11.8 Å². The van der Waals surface area contributed by atoms with Gasteiger partial charge in [0.25, 0.3) is 0 Å². The second-order valence-electron chi connectivity index (χ2n) is 6.11. The van der Waals surface area contributed by atoms with Crippen LogP contribution < -0.4 is 15.4 Å². The van der Waals surface area contributed by atoms with E-state index in [1.165, 1.54) is 11.8 Å². The number of hydrogen-bond acceptors (Lipinski definition) is 6. The van der Waals surface area contributed by atoms with Gasteiger partial charge in [0.15, 0.2) is 4.99 Å². The van der Waals surface area contributed by atoms with Crippen molar-refractivity contribution in [3.05, 3.63) is 54.6 Å². The molecule has 0 saturated heterocycles. The number of benzene rings is 2. The molecule has 0 unspecified atom stereocenters. The maximum absolute atomic E-state index is 12.2. The Hall–Kier alpha value is -2.23. The Labute approximate surface area is 162 Å². The first kappa shape index (κ1) is 19.5. The third kappa shape index (κ3) is 4.94. The highest BCUT2D eigenvalue weighted by atomic mass is 32.2. The normalized spacial score (nSPS) is 14.8. The van der Waals surface area contributed by atoms with E-state index in [-0.39, 0.29) is 17.9 Å². The summed E-state index contributed by atoms with van der Waals surface area (Å²) in [4.78, 5) is 10.7. The highest BCUT2D eigenvalue weighted by molar-refractivity contribution is 8.00. The van der Waals surface area contributed by atoms with Crippen molar-refractivity contribution in [3.63, 3.8) is 0 Å². The summed E-state index contributed by atoms with van der Waals surface area (Å²) in [6.07, 6.45) is 0.458. The van der Waals surface area contributed by atoms with E-state index in [4.69, 9.17) is 0 Å². The standard InChI is InChI=1S/C18H21N3O4S2/c22-17(23)13-18(20-15-9-4-5-10-16(15)21-18)26-12-6-11-19-27(24,25)14-7-2-1-3-8-14/h1-5,7-10,19-21H,6,11-13H2,(H,22,23). The Morgan fingerprint density at radius 2 is 1.63 bits per heavy atom. The monoisotopic (exact) mass is 407 g/mol. The van der Waals surface area contributed by atoms with Gasteiger partial charge in [-0.25, -0.2) is 13.1 Å². The lowest BCUT2D eigenvalue weighted by Gasteiger charge is -2.28. The molecule has 4 N–H and O–H groups in total. The number of para-hydroxylation sites is 2. The number of carbonyl (C=O) groups is 1. The van der Waals surface area contributed by atoms with Crippen molar-refractivity contribution in [2.24, 2.45) is 0 Å². The van der Waals surface area contributed by atoms with E-state index in [9.17, 15) is 18.3 Å². The molecule has 0 saturated carbocycles. The maximum Gasteiger partial charge on any atom is 0.308 e. The van der Waals surface area contributed by atoms with Gasteiger partial charge in [0.1, 0.15) is 0 Å². The van der Waals surface area contributed by atoms with Crippen molar-refractivity contribution in [3.8, 4) is 0 Å². The Balaban J connectivity index is 1.53. The molecule has 0 radical (unpaired) electrons. The van der Waals surface area contributed by atoms with Crippen LogP contribution in [-0.2, 0) is 14.8 Å². The summed E-state index contributed by atoms with van der Waals surface area (Å²) >= 11 is 1.42. The van der Waals surface area contributed by atoms with Gasteiger partial charge in [-0.05, 0) is 36.4 Å². The summed E-state index contributed by atoms with van der Waals surface area (Å²) in [5.74, 6) is -0.335. The Kier molecular flexibility index (Phi) is 5.93. The van der Waals surface area contributed by atoms with Crippen LogP contribution in [0.3, 0.4) is 0 Å². The molecule has 1 heterocycles. The van der Waals surface area contributed by atoms with E-state index in [1.807, 2.05) is 24.3 Å². The Bertz CT molecular complexity index is 879. The molecule has 0 bridgehead atoms. The molecule has 9 heteroatoms. The third-order valence-corrected chi connectivity index (χ3v) is 6.83. The Morgan fingerprint density at radius 3 is 2.22 bits per heavy atom. The minimum atomic E-state index is -3.52. The van der Waals surface area contributed by atoms with E-state index in [1.54, 1.807) is 30.3 Å². The van der Waals surface area contributed by atoms with Crippen molar-refractivity contribution >= 4 is 39.1 Å². The number of hydrogen-bond donors (Lipinski definition) is 4. The van der Waals surface area contributed by atoms with Crippen LogP contribution in [0.25, 0.3) is 0 Å². The molecule has 2 aromatic rings. The zero-order valence-electron chi connectivity index (χ0n) is 14.5. The fraction of sp³-hybridized carbons (Fsp3) is 0.278. The fourth-order valence-electron chi connectivity index (χ4n) is 2.80. The van der Waals surface area contributed by atoms with Gasteiger partial charge in [0.05, 0.1) is 22.7 Å². The summed E-state index contributed by atoms with van der Waals surface area (Å²) in [5.41, 5.74) is 1.71. The topological polar surface area (TPSA) is 108 Å². The lowest BCUT2D eigenvalue weighted by Crippen LogP contribution is -2.41. The zero-order valence-corrected chi connectivity index (χ0v) is 16.1. The summed E-state index contributed by atoms with van der Waals surface area (Å²) in [7, 11) is -3.52. The van der Waals surface area contributed by atoms with Crippen LogP contribution in [0.5, 0.6) is 0 Å². The van der Waals surface area contributed by atoms with Crippen LogP contribution in [0, 0.1) is 0 Å². The number of aliphatic carboxylic acids is 1. The Morgan fingerprint density at radius 1 is 1.04 bits per heavy atom. The minimum Gasteiger partial charge on any atom is -0.481 e. The molecular weight excluding hydrogens is 386 g/mol. The number of carboxylic acids is 1. The van der Waals surface area contributed by atoms with Crippen molar-refractivity contribution in [2.75, 3.05) is 22.9 Å². The molecule has 1 aliphatic heterocycles. The predicted molar refractivity (Wildman–Crippen MR) is 107 cm³/mol. The fourth-order valence-corrected chi connectivity index (χ4v) is 5.12. The van der Waals surface area contributed by atoms with Gasteiger partial charge in [0.2, 0.25) is 10.0 Å². The number of rotatable bonds is 9. The second-order valence-corrected chi connectivity index (χ2v) is 9.27. The largest absolute Gasteiger partial charge is 0.481 e. The molecule has 0 spiro atoms. The van der Waals surface area contributed by atoms with Crippen molar-refractivity contribution in [1.29, 1.82) is 0 Å². The molecule has 0 atom stereocenters. The average molecular weight is 408 g/mol. The van der Waals surface area contributed by atoms with Gasteiger partial charge in [-0.15, -0.1) is 11.8 Å². The maximum atomic E-state index is 12.2. The van der Waals surface area contributed by atoms with Gasteiger partial charge in [0, 0.05) is 6.54 Å². The number of carboxylic acid groups (broad SMARTS) is 1. The van der Waals surface area contributed by atoms with E-state index in [0.717, 1.165) is 11.4 Å². The van der Waals surface area contributed by atoms with Crippen LogP contribution in [0.4, 0.5) is 11.4 Å². The van der Waals surface area contributed by atoms with Crippen molar-refractivity contribution in [2.45, 2.75) is 22.7 Å². The van der Waals surface area contributed by atoms with Gasteiger partial charge < -0.3 is 15.7 Å².